The van der Waals surface area contributed by atoms with Crippen molar-refractivity contribution in [3.63, 3.8) is 0 Å². The lowest BCUT2D eigenvalue weighted by atomic mass is 10.1. The molecule has 0 saturated heterocycles. The third kappa shape index (κ3) is 2.96. The Morgan fingerprint density at radius 3 is 3.00 bits per heavy atom. The molecule has 0 bridgehead atoms. The number of hydrogen-bond donors (Lipinski definition) is 3. The van der Waals surface area contributed by atoms with Crippen LogP contribution in [0.2, 0.25) is 5.02 Å². The van der Waals surface area contributed by atoms with Crippen LogP contribution in [-0.4, -0.2) is 25.8 Å². The summed E-state index contributed by atoms with van der Waals surface area (Å²) >= 11 is 6.23. The summed E-state index contributed by atoms with van der Waals surface area (Å²) in [6.45, 7) is 1.90. The standard InChI is InChI=1S/C18H16ClN5O/c1-10(17-23-13-4-2-3-5-14(13)24-17)22-15(25)8-11-9-21-18-16(11)12(19)6-7-20-18/h2-7,9-10H,8H2,1H3,(H,20,21)(H,22,25)(H,23,24)/t10-/m0/s1. The molecule has 3 aromatic heterocycles. The average molecular weight is 354 g/mol. The zero-order valence-corrected chi connectivity index (χ0v) is 14.3. The number of halogens is 1. The molecule has 1 aromatic carbocycles. The smallest absolute Gasteiger partial charge is 0.225 e. The molecule has 4 rings (SSSR count). The highest BCUT2D eigenvalue weighted by atomic mass is 35.5. The Labute approximate surface area is 148 Å². The van der Waals surface area contributed by atoms with Crippen LogP contribution in [0, 0.1) is 0 Å². The van der Waals surface area contributed by atoms with E-state index < -0.39 is 0 Å². The summed E-state index contributed by atoms with van der Waals surface area (Å²) < 4.78 is 0. The predicted molar refractivity (Wildman–Crippen MR) is 97.5 cm³/mol. The molecule has 0 aliphatic rings. The molecule has 126 valence electrons. The highest BCUT2D eigenvalue weighted by Crippen LogP contribution is 2.25. The molecule has 0 aliphatic heterocycles. The Morgan fingerprint density at radius 1 is 1.32 bits per heavy atom. The SMILES string of the molecule is C[C@H](NC(=O)Cc1c[nH]c2nccc(Cl)c12)c1nc2ccccc2[nH]1. The van der Waals surface area contributed by atoms with E-state index in [2.05, 4.69) is 25.3 Å². The van der Waals surface area contributed by atoms with Gasteiger partial charge in [0.1, 0.15) is 11.5 Å². The molecule has 0 saturated carbocycles. The van der Waals surface area contributed by atoms with Crippen LogP contribution in [0.3, 0.4) is 0 Å². The minimum Gasteiger partial charge on any atom is -0.346 e. The Morgan fingerprint density at radius 2 is 2.16 bits per heavy atom. The van der Waals surface area contributed by atoms with Crippen LogP contribution in [-0.2, 0) is 11.2 Å². The third-order valence-electron chi connectivity index (χ3n) is 4.15. The van der Waals surface area contributed by atoms with Gasteiger partial charge in [-0.05, 0) is 30.7 Å². The number of rotatable bonds is 4. The van der Waals surface area contributed by atoms with Gasteiger partial charge in [-0.1, -0.05) is 23.7 Å². The van der Waals surface area contributed by atoms with Crippen LogP contribution >= 0.6 is 11.6 Å². The highest BCUT2D eigenvalue weighted by Gasteiger charge is 2.16. The molecule has 7 heteroatoms. The van der Waals surface area contributed by atoms with Crippen molar-refractivity contribution in [3.05, 3.63) is 59.1 Å². The topological polar surface area (TPSA) is 86.5 Å². The summed E-state index contributed by atoms with van der Waals surface area (Å²) in [6, 6.07) is 9.27. The number of nitrogens with one attached hydrogen (secondary N) is 3. The van der Waals surface area contributed by atoms with Gasteiger partial charge in [-0.2, -0.15) is 0 Å². The summed E-state index contributed by atoms with van der Waals surface area (Å²) in [5, 5.41) is 4.34. The highest BCUT2D eigenvalue weighted by molar-refractivity contribution is 6.35. The van der Waals surface area contributed by atoms with Crippen LogP contribution in [0.5, 0.6) is 0 Å². The monoisotopic (exact) mass is 353 g/mol. The van der Waals surface area contributed by atoms with E-state index in [9.17, 15) is 4.79 Å². The van der Waals surface area contributed by atoms with Crippen molar-refractivity contribution in [1.29, 1.82) is 0 Å². The number of H-pyrrole nitrogens is 2. The molecule has 0 radical (unpaired) electrons. The Bertz CT molecular complexity index is 1030. The maximum Gasteiger partial charge on any atom is 0.225 e. The second-order valence-electron chi connectivity index (χ2n) is 5.94. The zero-order valence-electron chi connectivity index (χ0n) is 13.5. The van der Waals surface area contributed by atoms with E-state index in [0.717, 1.165) is 27.8 Å². The molecule has 0 unspecified atom stereocenters. The third-order valence-corrected chi connectivity index (χ3v) is 4.47. The number of nitrogens with zero attached hydrogens (tertiary/aromatic N) is 2. The van der Waals surface area contributed by atoms with E-state index in [0.29, 0.717) is 10.7 Å². The fourth-order valence-electron chi connectivity index (χ4n) is 2.93. The first-order valence-electron chi connectivity index (χ1n) is 7.96. The lowest BCUT2D eigenvalue weighted by Crippen LogP contribution is -2.28. The number of para-hydroxylation sites is 2. The number of hydrogen-bond acceptors (Lipinski definition) is 3. The summed E-state index contributed by atoms with van der Waals surface area (Å²) in [4.78, 5) is 27.4. The van der Waals surface area contributed by atoms with Crippen molar-refractivity contribution in [3.8, 4) is 0 Å². The van der Waals surface area contributed by atoms with Crippen molar-refractivity contribution >= 4 is 39.6 Å². The summed E-state index contributed by atoms with van der Waals surface area (Å²) in [6.07, 6.45) is 3.62. The molecule has 0 aliphatic carbocycles. The van der Waals surface area contributed by atoms with Gasteiger partial charge in [-0.15, -0.1) is 0 Å². The number of aromatic amines is 2. The van der Waals surface area contributed by atoms with E-state index in [1.807, 2.05) is 31.2 Å². The average Bonchev–Trinajstić information content (AvgIpc) is 3.19. The minimum absolute atomic E-state index is 0.103. The fraction of sp³-hybridized carbons (Fsp3) is 0.167. The molecule has 25 heavy (non-hydrogen) atoms. The predicted octanol–water partition coefficient (Wildman–Crippen LogP) is 3.51. The molecular formula is C18H16ClN5O. The maximum atomic E-state index is 12.4. The van der Waals surface area contributed by atoms with Crippen LogP contribution in [0.1, 0.15) is 24.4 Å². The number of aromatic nitrogens is 4. The van der Waals surface area contributed by atoms with E-state index in [1.54, 1.807) is 18.5 Å². The molecular weight excluding hydrogens is 338 g/mol. The number of amides is 1. The first kappa shape index (κ1) is 15.7. The molecule has 0 spiro atoms. The van der Waals surface area contributed by atoms with Crippen LogP contribution in [0.25, 0.3) is 22.1 Å². The second-order valence-corrected chi connectivity index (χ2v) is 6.34. The Balaban J connectivity index is 1.51. The van der Waals surface area contributed by atoms with Gasteiger partial charge >= 0.3 is 0 Å². The first-order chi connectivity index (χ1) is 12.1. The van der Waals surface area contributed by atoms with Crippen molar-refractivity contribution in [1.82, 2.24) is 25.3 Å². The van der Waals surface area contributed by atoms with E-state index >= 15 is 0 Å². The van der Waals surface area contributed by atoms with Gasteiger partial charge in [0.2, 0.25) is 5.91 Å². The van der Waals surface area contributed by atoms with Gasteiger partial charge in [0, 0.05) is 17.8 Å². The van der Waals surface area contributed by atoms with Crippen molar-refractivity contribution in [2.24, 2.45) is 0 Å². The number of carbonyl (C=O) groups is 1. The summed E-state index contributed by atoms with van der Waals surface area (Å²) in [5.41, 5.74) is 3.34. The van der Waals surface area contributed by atoms with Gasteiger partial charge in [0.15, 0.2) is 0 Å². The lowest BCUT2D eigenvalue weighted by Gasteiger charge is -2.11. The van der Waals surface area contributed by atoms with E-state index in [1.165, 1.54) is 0 Å². The van der Waals surface area contributed by atoms with Crippen LogP contribution in [0.15, 0.2) is 42.7 Å². The molecule has 0 fully saturated rings. The van der Waals surface area contributed by atoms with Crippen molar-refractivity contribution < 1.29 is 4.79 Å². The van der Waals surface area contributed by atoms with Gasteiger partial charge < -0.3 is 15.3 Å². The summed E-state index contributed by atoms with van der Waals surface area (Å²) in [5.74, 6) is 0.627. The van der Waals surface area contributed by atoms with E-state index in [-0.39, 0.29) is 18.4 Å². The molecule has 1 amide bonds. The Hall–Kier alpha value is -2.86. The van der Waals surface area contributed by atoms with Gasteiger partial charge in [-0.25, -0.2) is 9.97 Å². The Kier molecular flexibility index (Phi) is 3.89. The lowest BCUT2D eigenvalue weighted by molar-refractivity contribution is -0.121. The van der Waals surface area contributed by atoms with E-state index in [4.69, 9.17) is 11.6 Å². The normalized spacial score (nSPS) is 12.6. The van der Waals surface area contributed by atoms with Crippen molar-refractivity contribution in [2.45, 2.75) is 19.4 Å². The first-order valence-corrected chi connectivity index (χ1v) is 8.34. The van der Waals surface area contributed by atoms with Gasteiger partial charge in [0.25, 0.3) is 0 Å². The molecule has 3 heterocycles. The number of pyridine rings is 1. The van der Waals surface area contributed by atoms with Gasteiger partial charge in [0.05, 0.1) is 28.5 Å². The number of carbonyl (C=O) groups excluding carboxylic acids is 1. The van der Waals surface area contributed by atoms with Crippen molar-refractivity contribution in [2.75, 3.05) is 0 Å². The fourth-order valence-corrected chi connectivity index (χ4v) is 3.20. The second kappa shape index (κ2) is 6.22. The summed E-state index contributed by atoms with van der Waals surface area (Å²) in [7, 11) is 0. The largest absolute Gasteiger partial charge is 0.346 e. The molecule has 1 atom stereocenters. The molecule has 6 nitrogen and oxygen atoms in total. The maximum absolute atomic E-state index is 12.4. The number of fused-ring (bicyclic) bond motifs is 2. The number of benzene rings is 1. The molecule has 3 N–H and O–H groups in total. The van der Waals surface area contributed by atoms with Crippen LogP contribution in [0.4, 0.5) is 0 Å². The quantitative estimate of drug-likeness (QED) is 0.524. The minimum atomic E-state index is -0.223. The number of imidazole rings is 1. The zero-order chi connectivity index (χ0) is 17.4. The molecule has 4 aromatic rings. The van der Waals surface area contributed by atoms with Gasteiger partial charge in [-0.3, -0.25) is 4.79 Å². The van der Waals surface area contributed by atoms with Crippen LogP contribution < -0.4 is 5.32 Å².